The Bertz CT molecular complexity index is 2120. The Hall–Kier alpha value is -5.90. The lowest BCUT2D eigenvalue weighted by Gasteiger charge is -2.27. The van der Waals surface area contributed by atoms with Crippen molar-refractivity contribution in [3.8, 4) is 0 Å². The summed E-state index contributed by atoms with van der Waals surface area (Å²) in [5, 5.41) is 0. The highest BCUT2D eigenvalue weighted by atomic mass is 15.3. The zero-order valence-electron chi connectivity index (χ0n) is 22.6. The molecule has 10 nitrogen and oxygen atoms in total. The van der Waals surface area contributed by atoms with Gasteiger partial charge in [-0.2, -0.15) is 0 Å². The zero-order chi connectivity index (χ0) is 27.9. The Labute approximate surface area is 240 Å². The van der Waals surface area contributed by atoms with E-state index in [0.717, 1.165) is 44.8 Å². The topological polar surface area (TPSA) is 105 Å². The number of nitrogens with zero attached hydrogens (tertiary/aromatic N) is 10. The fraction of sp³-hybridized carbons (Fsp3) is 0.0625. The summed E-state index contributed by atoms with van der Waals surface area (Å²) >= 11 is 0. The molecule has 0 unspecified atom stereocenters. The van der Waals surface area contributed by atoms with Crippen LogP contribution in [0.25, 0.3) is 0 Å². The fourth-order valence-electron chi connectivity index (χ4n) is 5.77. The van der Waals surface area contributed by atoms with Crippen LogP contribution in [-0.2, 0) is 0 Å². The number of hydrogen-bond donors (Lipinski definition) is 0. The van der Waals surface area contributed by atoms with Gasteiger partial charge in [0.1, 0.15) is 11.4 Å². The molecular weight excluding hydrogens is 524 g/mol. The van der Waals surface area contributed by atoms with Crippen molar-refractivity contribution in [3.05, 3.63) is 130 Å². The summed E-state index contributed by atoms with van der Waals surface area (Å²) in [5.41, 5.74) is 6.98. The van der Waals surface area contributed by atoms with Crippen molar-refractivity contribution in [1.82, 2.24) is 9.80 Å². The van der Waals surface area contributed by atoms with Gasteiger partial charge in [0.15, 0.2) is 46.7 Å². The molecule has 0 N–H and O–H groups in total. The van der Waals surface area contributed by atoms with E-state index < -0.39 is 0 Å². The highest BCUT2D eigenvalue weighted by Crippen LogP contribution is 2.32. The third kappa shape index (κ3) is 3.20. The standard InChI is InChI=1S/C32H20N10/c1-41-15-16-42(2)24-23(41)31-38-29-21-13-7-5-11-19(21)27(36-29)34-25-17-9-3-4-10-18(17)26(33-25)35-28-20-12-6-8-14-22(20)30(37-28)39-32(24)40-31/h3-16H,1-2H3. The Kier molecular flexibility index (Phi) is 4.52. The molecule has 0 spiro atoms. The van der Waals surface area contributed by atoms with Crippen molar-refractivity contribution < 1.29 is 0 Å². The maximum atomic E-state index is 5.02. The maximum Gasteiger partial charge on any atom is 0.182 e. The van der Waals surface area contributed by atoms with Crippen LogP contribution < -0.4 is 0 Å². The Balaban J connectivity index is 1.36. The molecule has 0 saturated carbocycles. The fourth-order valence-corrected chi connectivity index (χ4v) is 5.77. The molecule has 6 aliphatic rings. The molecule has 10 heteroatoms. The Morgan fingerprint density at radius 1 is 0.333 bits per heavy atom. The van der Waals surface area contributed by atoms with E-state index in [1.807, 2.05) is 109 Å². The lowest BCUT2D eigenvalue weighted by Crippen LogP contribution is -2.28. The summed E-state index contributed by atoms with van der Waals surface area (Å²) in [7, 11) is 3.95. The lowest BCUT2D eigenvalue weighted by atomic mass is 10.1. The smallest absolute Gasteiger partial charge is 0.182 e. The van der Waals surface area contributed by atoms with Crippen LogP contribution >= 0.6 is 0 Å². The number of fused-ring (bicyclic) bond motifs is 15. The summed E-state index contributed by atoms with van der Waals surface area (Å²) in [5.74, 6) is 4.28. The average Bonchev–Trinajstić information content (AvgIpc) is 3.75. The molecule has 0 aliphatic carbocycles. The van der Waals surface area contributed by atoms with Crippen molar-refractivity contribution in [2.24, 2.45) is 39.9 Å². The van der Waals surface area contributed by atoms with Crippen molar-refractivity contribution in [3.63, 3.8) is 0 Å². The normalized spacial score (nSPS) is 19.1. The quantitative estimate of drug-likeness (QED) is 0.427. The Morgan fingerprint density at radius 3 is 0.833 bits per heavy atom. The number of aliphatic imine (C=N–C) groups is 8. The third-order valence-corrected chi connectivity index (χ3v) is 7.79. The van der Waals surface area contributed by atoms with Gasteiger partial charge < -0.3 is 9.80 Å². The minimum atomic E-state index is 0.518. The first-order chi connectivity index (χ1) is 20.6. The molecule has 8 bridgehead atoms. The molecule has 6 heterocycles. The van der Waals surface area contributed by atoms with Gasteiger partial charge in [-0.05, 0) is 0 Å². The predicted molar refractivity (Wildman–Crippen MR) is 165 cm³/mol. The zero-order valence-corrected chi connectivity index (χ0v) is 22.6. The Morgan fingerprint density at radius 2 is 0.548 bits per heavy atom. The molecule has 42 heavy (non-hydrogen) atoms. The molecule has 198 valence electrons. The first-order valence-electron chi connectivity index (χ1n) is 13.5. The van der Waals surface area contributed by atoms with E-state index in [2.05, 4.69) is 0 Å². The van der Waals surface area contributed by atoms with Gasteiger partial charge in [0.25, 0.3) is 0 Å². The van der Waals surface area contributed by atoms with Crippen LogP contribution in [-0.4, -0.2) is 70.6 Å². The van der Waals surface area contributed by atoms with E-state index in [-0.39, 0.29) is 0 Å². The highest BCUT2D eigenvalue weighted by molar-refractivity contribution is 6.35. The van der Waals surface area contributed by atoms with Crippen LogP contribution in [0.4, 0.5) is 0 Å². The summed E-state index contributed by atoms with van der Waals surface area (Å²) in [6.07, 6.45) is 3.95. The van der Waals surface area contributed by atoms with Crippen LogP contribution in [0.15, 0.2) is 137 Å². The summed E-state index contributed by atoms with van der Waals surface area (Å²) in [4.78, 5) is 43.6. The van der Waals surface area contributed by atoms with Gasteiger partial charge in [0, 0.05) is 59.9 Å². The average molecular weight is 545 g/mol. The minimum absolute atomic E-state index is 0.518. The second-order valence-corrected chi connectivity index (χ2v) is 10.3. The molecule has 3 aromatic rings. The van der Waals surface area contributed by atoms with E-state index in [1.165, 1.54) is 0 Å². The molecule has 0 aromatic heterocycles. The van der Waals surface area contributed by atoms with E-state index in [4.69, 9.17) is 39.9 Å². The van der Waals surface area contributed by atoms with Gasteiger partial charge in [-0.15, -0.1) is 0 Å². The van der Waals surface area contributed by atoms with Gasteiger partial charge in [0.05, 0.1) is 0 Å². The predicted octanol–water partition coefficient (Wildman–Crippen LogP) is 3.99. The van der Waals surface area contributed by atoms with Gasteiger partial charge in [-0.3, -0.25) is 0 Å². The van der Waals surface area contributed by atoms with Crippen LogP contribution in [0.5, 0.6) is 0 Å². The molecule has 0 fully saturated rings. The second-order valence-electron chi connectivity index (χ2n) is 10.3. The van der Waals surface area contributed by atoms with Gasteiger partial charge in [-0.1, -0.05) is 72.8 Å². The summed E-state index contributed by atoms with van der Waals surface area (Å²) in [6.45, 7) is 0. The third-order valence-electron chi connectivity index (χ3n) is 7.79. The van der Waals surface area contributed by atoms with Crippen LogP contribution in [0, 0.1) is 0 Å². The lowest BCUT2D eigenvalue weighted by molar-refractivity contribution is 0.486. The number of rotatable bonds is 0. The van der Waals surface area contributed by atoms with Gasteiger partial charge in [0.2, 0.25) is 0 Å². The molecule has 0 radical (unpaired) electrons. The van der Waals surface area contributed by atoms with Crippen molar-refractivity contribution >= 4 is 46.7 Å². The number of amidine groups is 8. The number of likely N-dealkylation sites (N-methyl/N-ethyl adjacent to an activating group) is 2. The minimum Gasteiger partial charge on any atom is -0.345 e. The second kappa shape index (κ2) is 8.31. The number of benzene rings is 3. The molecular formula is C32H20N10. The first kappa shape index (κ1) is 22.9. The number of hydrogen-bond acceptors (Lipinski definition) is 10. The van der Waals surface area contributed by atoms with Gasteiger partial charge in [-0.25, -0.2) is 39.9 Å². The largest absolute Gasteiger partial charge is 0.345 e. The molecule has 9 rings (SSSR count). The van der Waals surface area contributed by atoms with E-state index >= 15 is 0 Å². The van der Waals surface area contributed by atoms with Crippen molar-refractivity contribution in [2.45, 2.75) is 0 Å². The van der Waals surface area contributed by atoms with Crippen molar-refractivity contribution in [1.29, 1.82) is 0 Å². The van der Waals surface area contributed by atoms with E-state index in [9.17, 15) is 0 Å². The van der Waals surface area contributed by atoms with E-state index in [1.54, 1.807) is 0 Å². The molecule has 6 aliphatic heterocycles. The summed E-state index contributed by atoms with van der Waals surface area (Å²) in [6, 6.07) is 23.9. The first-order valence-corrected chi connectivity index (χ1v) is 13.5. The van der Waals surface area contributed by atoms with Crippen molar-refractivity contribution in [2.75, 3.05) is 14.1 Å². The highest BCUT2D eigenvalue weighted by Gasteiger charge is 2.35. The molecule has 3 aromatic carbocycles. The molecule has 0 saturated heterocycles. The van der Waals surface area contributed by atoms with E-state index in [0.29, 0.717) is 46.7 Å². The molecule has 0 amide bonds. The van der Waals surface area contributed by atoms with Crippen LogP contribution in [0.2, 0.25) is 0 Å². The monoisotopic (exact) mass is 544 g/mol. The summed E-state index contributed by atoms with van der Waals surface area (Å²) < 4.78 is 0. The maximum absolute atomic E-state index is 5.02. The van der Waals surface area contributed by atoms with Crippen LogP contribution in [0.1, 0.15) is 33.4 Å². The van der Waals surface area contributed by atoms with Crippen LogP contribution in [0.3, 0.4) is 0 Å². The SMILES string of the molecule is CN1C=CN(C)C2=C1C1=NC2=NC2=NC(=NC3=NC(=NC4=NC(=N1)c1ccccc14)c1ccccc13)c1ccccc12. The van der Waals surface area contributed by atoms with Gasteiger partial charge >= 0.3 is 0 Å². The molecule has 0 atom stereocenters.